The molecule has 0 amide bonds. The lowest BCUT2D eigenvalue weighted by atomic mass is 9.86. The fraction of sp³-hybridized carbons (Fsp3) is 0.917. The fourth-order valence-corrected chi connectivity index (χ4v) is 3.79. The van der Waals surface area contributed by atoms with E-state index >= 15 is 0 Å². The quantitative estimate of drug-likeness (QED) is 0.414. The van der Waals surface area contributed by atoms with Gasteiger partial charge in [0.05, 0.1) is 16.7 Å². The molecule has 0 aromatic carbocycles. The Bertz CT molecular complexity index is 403. The van der Waals surface area contributed by atoms with Crippen LogP contribution in [0.4, 0.5) is 0 Å². The summed E-state index contributed by atoms with van der Waals surface area (Å²) in [6, 6.07) is 0. The second-order valence-electron chi connectivity index (χ2n) is 5.47. The fourth-order valence-electron chi connectivity index (χ4n) is 3.32. The first-order valence-corrected chi connectivity index (χ1v) is 8.11. The maximum atomic E-state index is 11.6. The molecule has 0 aromatic rings. The van der Waals surface area contributed by atoms with Gasteiger partial charge < -0.3 is 9.29 Å². The maximum absolute atomic E-state index is 11.6. The lowest BCUT2D eigenvalue weighted by Gasteiger charge is -2.20. The van der Waals surface area contributed by atoms with Crippen molar-refractivity contribution in [3.05, 3.63) is 0 Å². The highest BCUT2D eigenvalue weighted by molar-refractivity contribution is 7.85. The van der Waals surface area contributed by atoms with Crippen molar-refractivity contribution in [3.8, 4) is 0 Å². The van der Waals surface area contributed by atoms with E-state index in [4.69, 9.17) is 4.74 Å². The molecule has 2 bridgehead atoms. The zero-order valence-electron chi connectivity index (χ0n) is 10.3. The van der Waals surface area contributed by atoms with Crippen molar-refractivity contribution < 1.29 is 22.5 Å². The minimum atomic E-state index is -4.19. The highest BCUT2D eigenvalue weighted by Crippen LogP contribution is 2.49. The van der Waals surface area contributed by atoms with Crippen molar-refractivity contribution in [1.82, 2.24) is 0 Å². The molecule has 5 nitrogen and oxygen atoms in total. The molecular weight excluding hydrogens is 256 g/mol. The Kier molecular flexibility index (Phi) is 4.27. The van der Waals surface area contributed by atoms with E-state index in [2.05, 4.69) is 0 Å². The van der Waals surface area contributed by atoms with Crippen LogP contribution in [0.5, 0.6) is 0 Å². The predicted molar refractivity (Wildman–Crippen MR) is 63.7 cm³/mol. The molecule has 2 fully saturated rings. The van der Waals surface area contributed by atoms with Gasteiger partial charge in [-0.15, -0.1) is 0 Å². The van der Waals surface area contributed by atoms with Gasteiger partial charge in [0.15, 0.2) is 0 Å². The Morgan fingerprint density at radius 3 is 2.61 bits per heavy atom. The topological polar surface area (TPSA) is 83.5 Å². The predicted octanol–water partition coefficient (Wildman–Crippen LogP) is 1.29. The Balaban J connectivity index is 1.61. The van der Waals surface area contributed by atoms with Crippen LogP contribution in [-0.2, 0) is 19.6 Å². The summed E-state index contributed by atoms with van der Waals surface area (Å²) in [5.74, 6) is 1.23. The number of rotatable bonds is 6. The average molecular weight is 275 g/mol. The van der Waals surface area contributed by atoms with Gasteiger partial charge in [0, 0.05) is 12.2 Å². The molecule has 2 aliphatic carbocycles. The molecule has 0 spiro atoms. The molecule has 0 radical (unpaired) electrons. The number of ether oxygens (including phenoxy) is 1. The maximum Gasteiger partial charge on any atom is 0.306 e. The summed E-state index contributed by atoms with van der Waals surface area (Å²) < 4.78 is 36.0. The third kappa shape index (κ3) is 3.95. The van der Waals surface area contributed by atoms with Gasteiger partial charge >= 0.3 is 5.97 Å². The summed E-state index contributed by atoms with van der Waals surface area (Å²) in [6.45, 7) is 0.0289. The third-order valence-electron chi connectivity index (χ3n) is 4.12. The molecule has 2 saturated carbocycles. The first kappa shape index (κ1) is 13.8. The standard InChI is InChI=1S/C12H20O5S/c13-12(17-4-1-5-18(14,15)16)8-11-7-9-2-3-10(11)6-9/h9-11H,1-8H2,(H,14,15,16)/p-1. The zero-order chi connectivity index (χ0) is 13.2. The Morgan fingerprint density at radius 1 is 1.28 bits per heavy atom. The average Bonchev–Trinajstić information content (AvgIpc) is 2.85. The van der Waals surface area contributed by atoms with Gasteiger partial charge in [-0.05, 0) is 43.4 Å². The van der Waals surface area contributed by atoms with E-state index in [-0.39, 0.29) is 19.0 Å². The largest absolute Gasteiger partial charge is 0.748 e. The van der Waals surface area contributed by atoms with Crippen molar-refractivity contribution >= 4 is 16.1 Å². The summed E-state index contributed by atoms with van der Waals surface area (Å²) in [7, 11) is -4.19. The van der Waals surface area contributed by atoms with Gasteiger partial charge in [0.1, 0.15) is 0 Å². The van der Waals surface area contributed by atoms with Crippen molar-refractivity contribution in [2.45, 2.75) is 38.5 Å². The van der Waals surface area contributed by atoms with E-state index in [0.717, 1.165) is 12.3 Å². The first-order valence-electron chi connectivity index (χ1n) is 6.53. The number of carbonyl (C=O) groups excluding carboxylic acids is 1. The number of carbonyl (C=O) groups is 1. The third-order valence-corrected chi connectivity index (χ3v) is 4.90. The monoisotopic (exact) mass is 275 g/mol. The van der Waals surface area contributed by atoms with Gasteiger partial charge in [-0.3, -0.25) is 4.79 Å². The van der Waals surface area contributed by atoms with Crippen molar-refractivity contribution in [3.63, 3.8) is 0 Å². The van der Waals surface area contributed by atoms with E-state index in [1.54, 1.807) is 0 Å². The van der Waals surface area contributed by atoms with Crippen LogP contribution in [0.3, 0.4) is 0 Å². The molecule has 0 aromatic heterocycles. The normalized spacial score (nSPS) is 30.6. The molecule has 2 rings (SSSR count). The Labute approximate surface area is 108 Å². The first-order chi connectivity index (χ1) is 8.44. The Morgan fingerprint density at radius 2 is 2.06 bits per heavy atom. The zero-order valence-corrected chi connectivity index (χ0v) is 11.2. The van der Waals surface area contributed by atoms with Crippen LogP contribution in [-0.4, -0.2) is 31.3 Å². The van der Waals surface area contributed by atoms with Gasteiger partial charge in [-0.25, -0.2) is 8.42 Å². The molecule has 0 saturated heterocycles. The molecule has 6 heteroatoms. The van der Waals surface area contributed by atoms with Crippen LogP contribution in [0.1, 0.15) is 38.5 Å². The second-order valence-corrected chi connectivity index (χ2v) is 7.00. The summed E-state index contributed by atoms with van der Waals surface area (Å²) in [5.41, 5.74) is 0. The van der Waals surface area contributed by atoms with E-state index in [0.29, 0.717) is 18.3 Å². The van der Waals surface area contributed by atoms with Crippen LogP contribution in [0.25, 0.3) is 0 Å². The van der Waals surface area contributed by atoms with Crippen LogP contribution in [0.2, 0.25) is 0 Å². The lowest BCUT2D eigenvalue weighted by molar-refractivity contribution is -0.145. The van der Waals surface area contributed by atoms with E-state index < -0.39 is 15.9 Å². The van der Waals surface area contributed by atoms with E-state index in [1.807, 2.05) is 0 Å². The van der Waals surface area contributed by atoms with E-state index in [1.165, 1.54) is 19.3 Å². The second kappa shape index (κ2) is 5.57. The van der Waals surface area contributed by atoms with Crippen LogP contribution >= 0.6 is 0 Å². The number of hydrogen-bond donors (Lipinski definition) is 0. The minimum absolute atomic E-state index is 0.0289. The van der Waals surface area contributed by atoms with Gasteiger partial charge in [0.25, 0.3) is 0 Å². The number of hydrogen-bond acceptors (Lipinski definition) is 5. The van der Waals surface area contributed by atoms with Crippen LogP contribution < -0.4 is 0 Å². The molecule has 0 heterocycles. The van der Waals surface area contributed by atoms with Crippen molar-refractivity contribution in [1.29, 1.82) is 0 Å². The van der Waals surface area contributed by atoms with Crippen molar-refractivity contribution in [2.75, 3.05) is 12.4 Å². The summed E-state index contributed by atoms with van der Waals surface area (Å²) >= 11 is 0. The molecule has 0 aliphatic heterocycles. The van der Waals surface area contributed by atoms with Crippen LogP contribution in [0.15, 0.2) is 0 Å². The molecule has 18 heavy (non-hydrogen) atoms. The number of fused-ring (bicyclic) bond motifs is 2. The van der Waals surface area contributed by atoms with Crippen LogP contribution in [0, 0.1) is 17.8 Å². The summed E-state index contributed by atoms with van der Waals surface area (Å²) in [5, 5.41) is 0. The minimum Gasteiger partial charge on any atom is -0.748 e. The highest BCUT2D eigenvalue weighted by Gasteiger charge is 2.40. The van der Waals surface area contributed by atoms with Gasteiger partial charge in [0.2, 0.25) is 0 Å². The highest BCUT2D eigenvalue weighted by atomic mass is 32.2. The molecule has 0 N–H and O–H groups in total. The SMILES string of the molecule is O=C(CC1CC2CCC1C2)OCCCS(=O)(=O)[O-]. The van der Waals surface area contributed by atoms with Crippen molar-refractivity contribution in [2.24, 2.45) is 17.8 Å². The molecule has 3 atom stereocenters. The molecule has 2 aliphatic rings. The summed E-state index contributed by atoms with van der Waals surface area (Å²) in [6.07, 6.45) is 5.47. The Hall–Kier alpha value is -0.620. The molecule has 3 unspecified atom stereocenters. The van der Waals surface area contributed by atoms with Gasteiger partial charge in [-0.1, -0.05) is 6.42 Å². The lowest BCUT2D eigenvalue weighted by Crippen LogP contribution is -2.18. The van der Waals surface area contributed by atoms with E-state index in [9.17, 15) is 17.8 Å². The number of esters is 1. The van der Waals surface area contributed by atoms with Gasteiger partial charge in [-0.2, -0.15) is 0 Å². The molecule has 104 valence electrons. The summed E-state index contributed by atoms with van der Waals surface area (Å²) in [4.78, 5) is 11.6. The molecular formula is C12H19O5S-. The smallest absolute Gasteiger partial charge is 0.306 e.